The maximum Gasteiger partial charge on any atom is 0.295 e. The third-order valence-electron chi connectivity index (χ3n) is 5.79. The van der Waals surface area contributed by atoms with Crippen molar-refractivity contribution in [2.24, 2.45) is 7.05 Å². The van der Waals surface area contributed by atoms with Crippen molar-refractivity contribution in [2.75, 3.05) is 7.11 Å². The number of aromatic nitrogens is 3. The summed E-state index contributed by atoms with van der Waals surface area (Å²) in [5, 5.41) is 15.6. The van der Waals surface area contributed by atoms with Crippen LogP contribution in [0.5, 0.6) is 5.75 Å². The van der Waals surface area contributed by atoms with E-state index in [2.05, 4.69) is 10.1 Å². The van der Waals surface area contributed by atoms with E-state index >= 15 is 0 Å². The number of pyridine rings is 1. The summed E-state index contributed by atoms with van der Waals surface area (Å²) in [6, 6.07) is 9.97. The van der Waals surface area contributed by atoms with Crippen molar-refractivity contribution in [1.29, 1.82) is 0 Å². The SMILES string of the molecule is COc1ccc([C@H]2/C(=C(\O)c3c(C)nn(C)c3C)C(=O)C(=O)N2Cc2cccnc2)cc1. The Morgan fingerprint density at radius 2 is 1.88 bits per heavy atom. The third kappa shape index (κ3) is 3.53. The van der Waals surface area contributed by atoms with Crippen molar-refractivity contribution >= 4 is 17.4 Å². The lowest BCUT2D eigenvalue weighted by atomic mass is 9.94. The van der Waals surface area contributed by atoms with Gasteiger partial charge in [0.15, 0.2) is 0 Å². The average Bonchev–Trinajstić information content (AvgIpc) is 3.20. The first-order chi connectivity index (χ1) is 15.3. The number of ether oxygens (including phenoxy) is 1. The molecule has 164 valence electrons. The molecule has 0 bridgehead atoms. The molecule has 1 aliphatic heterocycles. The number of hydrogen-bond donors (Lipinski definition) is 1. The smallest absolute Gasteiger partial charge is 0.295 e. The van der Waals surface area contributed by atoms with Gasteiger partial charge in [-0.3, -0.25) is 19.3 Å². The van der Waals surface area contributed by atoms with E-state index < -0.39 is 17.7 Å². The molecule has 2 aromatic heterocycles. The molecule has 1 atom stereocenters. The molecule has 1 aliphatic rings. The van der Waals surface area contributed by atoms with Gasteiger partial charge in [-0.1, -0.05) is 18.2 Å². The maximum atomic E-state index is 13.2. The van der Waals surface area contributed by atoms with E-state index in [0.29, 0.717) is 28.3 Å². The Balaban J connectivity index is 1.90. The Kier molecular flexibility index (Phi) is 5.52. The number of amides is 1. The van der Waals surface area contributed by atoms with Crippen molar-refractivity contribution in [3.8, 4) is 5.75 Å². The highest BCUT2D eigenvalue weighted by Crippen LogP contribution is 2.41. The van der Waals surface area contributed by atoms with Gasteiger partial charge >= 0.3 is 0 Å². The van der Waals surface area contributed by atoms with Crippen LogP contribution in [0.15, 0.2) is 54.4 Å². The molecule has 32 heavy (non-hydrogen) atoms. The molecule has 8 heteroatoms. The fourth-order valence-electron chi connectivity index (χ4n) is 4.12. The summed E-state index contributed by atoms with van der Waals surface area (Å²) in [5.41, 5.74) is 3.26. The van der Waals surface area contributed by atoms with Crippen LogP contribution in [-0.4, -0.2) is 43.6 Å². The zero-order chi connectivity index (χ0) is 23.0. The second-order valence-electron chi connectivity index (χ2n) is 7.73. The van der Waals surface area contributed by atoms with Crippen LogP contribution in [0.3, 0.4) is 0 Å². The van der Waals surface area contributed by atoms with E-state index in [0.717, 1.165) is 5.56 Å². The topological polar surface area (TPSA) is 97.5 Å². The number of aliphatic hydroxyl groups excluding tert-OH is 1. The lowest BCUT2D eigenvalue weighted by Crippen LogP contribution is -2.29. The van der Waals surface area contributed by atoms with Gasteiger partial charge < -0.3 is 14.7 Å². The molecular weight excluding hydrogens is 408 g/mol. The molecule has 3 heterocycles. The first-order valence-corrected chi connectivity index (χ1v) is 10.1. The summed E-state index contributed by atoms with van der Waals surface area (Å²) in [6.45, 7) is 3.75. The average molecular weight is 432 g/mol. The molecule has 1 N–H and O–H groups in total. The number of carbonyl (C=O) groups is 2. The van der Waals surface area contributed by atoms with Gasteiger partial charge in [0, 0.05) is 31.7 Å². The predicted octanol–water partition coefficient (Wildman–Crippen LogP) is 3.06. The molecule has 1 saturated heterocycles. The summed E-state index contributed by atoms with van der Waals surface area (Å²) >= 11 is 0. The van der Waals surface area contributed by atoms with Crippen molar-refractivity contribution in [2.45, 2.75) is 26.4 Å². The molecule has 0 aliphatic carbocycles. The quantitative estimate of drug-likeness (QED) is 0.378. The van der Waals surface area contributed by atoms with Gasteiger partial charge in [0.25, 0.3) is 11.7 Å². The number of rotatable bonds is 5. The summed E-state index contributed by atoms with van der Waals surface area (Å²) < 4.78 is 6.88. The van der Waals surface area contributed by atoms with Crippen LogP contribution in [0.4, 0.5) is 0 Å². The molecule has 8 nitrogen and oxygen atoms in total. The maximum absolute atomic E-state index is 13.2. The van der Waals surface area contributed by atoms with Gasteiger partial charge in [-0.25, -0.2) is 0 Å². The molecule has 0 unspecified atom stereocenters. The number of methoxy groups -OCH3 is 1. The Bertz CT molecular complexity index is 1210. The highest BCUT2D eigenvalue weighted by atomic mass is 16.5. The fourth-order valence-corrected chi connectivity index (χ4v) is 4.12. The number of benzene rings is 1. The minimum Gasteiger partial charge on any atom is -0.507 e. The molecule has 1 aromatic carbocycles. The van der Waals surface area contributed by atoms with Crippen molar-refractivity contribution in [1.82, 2.24) is 19.7 Å². The van der Waals surface area contributed by atoms with Crippen molar-refractivity contribution in [3.05, 3.63) is 82.4 Å². The van der Waals surface area contributed by atoms with Crippen LogP contribution in [0, 0.1) is 13.8 Å². The van der Waals surface area contributed by atoms with Gasteiger partial charge in [0.1, 0.15) is 11.5 Å². The lowest BCUT2D eigenvalue weighted by molar-refractivity contribution is -0.140. The number of hydrogen-bond acceptors (Lipinski definition) is 6. The Hall–Kier alpha value is -3.94. The van der Waals surface area contributed by atoms with E-state index in [9.17, 15) is 14.7 Å². The number of ketones is 1. The fraction of sp³-hybridized carbons (Fsp3) is 0.250. The van der Waals surface area contributed by atoms with Crippen molar-refractivity contribution < 1.29 is 19.4 Å². The van der Waals surface area contributed by atoms with Gasteiger partial charge in [0.2, 0.25) is 0 Å². The summed E-state index contributed by atoms with van der Waals surface area (Å²) in [4.78, 5) is 31.9. The van der Waals surface area contributed by atoms with E-state index in [4.69, 9.17) is 4.74 Å². The molecule has 0 saturated carbocycles. The molecule has 1 fully saturated rings. The van der Waals surface area contributed by atoms with Crippen LogP contribution in [-0.2, 0) is 23.2 Å². The summed E-state index contributed by atoms with van der Waals surface area (Å²) in [5.74, 6) is -0.969. The molecule has 3 aromatic rings. The Morgan fingerprint density at radius 3 is 2.44 bits per heavy atom. The monoisotopic (exact) mass is 432 g/mol. The Morgan fingerprint density at radius 1 is 1.16 bits per heavy atom. The van der Waals surface area contributed by atoms with E-state index in [-0.39, 0.29) is 17.9 Å². The lowest BCUT2D eigenvalue weighted by Gasteiger charge is -2.25. The first-order valence-electron chi connectivity index (χ1n) is 10.1. The summed E-state index contributed by atoms with van der Waals surface area (Å²) in [7, 11) is 3.33. The predicted molar refractivity (Wildman–Crippen MR) is 118 cm³/mol. The third-order valence-corrected chi connectivity index (χ3v) is 5.79. The standard InChI is InChI=1S/C24H24N4O4/c1-14-19(15(2)27(3)26-14)22(29)20-21(17-7-9-18(32-4)10-8-17)28(24(31)23(20)30)13-16-6-5-11-25-12-16/h5-12,21,29H,13H2,1-4H3/b22-20+/t21-/m0/s1. The highest BCUT2D eigenvalue weighted by molar-refractivity contribution is 6.46. The summed E-state index contributed by atoms with van der Waals surface area (Å²) in [6.07, 6.45) is 3.30. The zero-order valence-electron chi connectivity index (χ0n) is 18.4. The van der Waals surface area contributed by atoms with Gasteiger partial charge in [-0.15, -0.1) is 0 Å². The zero-order valence-corrected chi connectivity index (χ0v) is 18.4. The number of carbonyl (C=O) groups excluding carboxylic acids is 2. The van der Waals surface area contributed by atoms with Crippen LogP contribution >= 0.6 is 0 Å². The molecule has 4 rings (SSSR count). The molecular formula is C24H24N4O4. The second-order valence-corrected chi connectivity index (χ2v) is 7.73. The first kappa shape index (κ1) is 21.3. The number of aliphatic hydroxyl groups is 1. The van der Waals surface area contributed by atoms with E-state index in [1.54, 1.807) is 68.5 Å². The normalized spacial score (nSPS) is 17.8. The van der Waals surface area contributed by atoms with E-state index in [1.165, 1.54) is 4.90 Å². The minimum absolute atomic E-state index is 0.0447. The number of nitrogens with zero attached hydrogens (tertiary/aromatic N) is 4. The van der Waals surface area contributed by atoms with Crippen LogP contribution < -0.4 is 4.74 Å². The number of Topliss-reactive ketones (excluding diaryl/α,β-unsaturated/α-hetero) is 1. The van der Waals surface area contributed by atoms with Gasteiger partial charge in [0.05, 0.1) is 30.0 Å². The molecule has 1 amide bonds. The number of aryl methyl sites for hydroxylation is 2. The molecule has 0 spiro atoms. The number of likely N-dealkylation sites (tertiary alicyclic amines) is 1. The highest BCUT2D eigenvalue weighted by Gasteiger charge is 2.46. The Labute approximate surface area is 185 Å². The van der Waals surface area contributed by atoms with Gasteiger partial charge in [-0.05, 0) is 43.2 Å². The van der Waals surface area contributed by atoms with Crippen LogP contribution in [0.25, 0.3) is 5.76 Å². The minimum atomic E-state index is -0.764. The van der Waals surface area contributed by atoms with Crippen molar-refractivity contribution in [3.63, 3.8) is 0 Å². The van der Waals surface area contributed by atoms with Gasteiger partial charge in [-0.2, -0.15) is 5.10 Å². The molecule has 0 radical (unpaired) electrons. The second kappa shape index (κ2) is 8.30. The van der Waals surface area contributed by atoms with Crippen LogP contribution in [0.2, 0.25) is 0 Å². The van der Waals surface area contributed by atoms with E-state index in [1.807, 2.05) is 13.0 Å². The van der Waals surface area contributed by atoms with Crippen LogP contribution in [0.1, 0.15) is 34.1 Å². The largest absolute Gasteiger partial charge is 0.507 e.